The Morgan fingerprint density at radius 1 is 1.40 bits per heavy atom. The molecule has 0 fully saturated rings. The normalized spacial score (nSPS) is 11.8. The summed E-state index contributed by atoms with van der Waals surface area (Å²) in [6.07, 6.45) is 1.07. The summed E-state index contributed by atoms with van der Waals surface area (Å²) >= 11 is 0. The van der Waals surface area contributed by atoms with Gasteiger partial charge in [0, 0.05) is 22.7 Å². The molecule has 0 bridgehead atoms. The van der Waals surface area contributed by atoms with Gasteiger partial charge in [0.05, 0.1) is 18.0 Å². The lowest BCUT2D eigenvalue weighted by atomic mass is 10.1. The van der Waals surface area contributed by atoms with Crippen LogP contribution in [0.4, 0.5) is 0 Å². The van der Waals surface area contributed by atoms with Crippen LogP contribution in [0.2, 0.25) is 0 Å². The molecule has 0 unspecified atom stereocenters. The van der Waals surface area contributed by atoms with Gasteiger partial charge < -0.3 is 5.32 Å². The molecule has 0 saturated carbocycles. The third kappa shape index (κ3) is 3.12. The number of fused-ring (bicyclic) bond motifs is 1. The molecule has 0 aliphatic rings. The third-order valence-corrected chi connectivity index (χ3v) is 3.26. The number of benzene rings is 1. The van der Waals surface area contributed by atoms with Gasteiger partial charge in [0.15, 0.2) is 0 Å². The molecule has 0 aliphatic carbocycles. The SMILES string of the molecule is CC[C@@H](CC#N)NC(=O)c1ccc2nc(C)ccc2c1. The third-order valence-electron chi connectivity index (χ3n) is 3.26. The Morgan fingerprint density at radius 3 is 2.90 bits per heavy atom. The van der Waals surface area contributed by atoms with E-state index in [0.29, 0.717) is 12.0 Å². The number of pyridine rings is 1. The molecule has 1 N–H and O–H groups in total. The van der Waals surface area contributed by atoms with Gasteiger partial charge in [-0.1, -0.05) is 13.0 Å². The van der Waals surface area contributed by atoms with Crippen molar-refractivity contribution in [3.8, 4) is 6.07 Å². The Hall–Kier alpha value is -2.41. The van der Waals surface area contributed by atoms with Gasteiger partial charge in [0.25, 0.3) is 5.91 Å². The number of nitrogens with one attached hydrogen (secondary N) is 1. The van der Waals surface area contributed by atoms with Crippen molar-refractivity contribution in [3.63, 3.8) is 0 Å². The molecule has 102 valence electrons. The molecule has 0 aliphatic heterocycles. The zero-order valence-electron chi connectivity index (χ0n) is 11.7. The zero-order chi connectivity index (χ0) is 14.5. The number of nitrogens with zero attached hydrogens (tertiary/aromatic N) is 2. The Labute approximate surface area is 118 Å². The van der Waals surface area contributed by atoms with Crippen molar-refractivity contribution in [1.82, 2.24) is 10.3 Å². The molecule has 1 aromatic carbocycles. The number of hydrogen-bond donors (Lipinski definition) is 1. The zero-order valence-corrected chi connectivity index (χ0v) is 11.7. The van der Waals surface area contributed by atoms with E-state index in [1.807, 2.05) is 38.1 Å². The number of rotatable bonds is 4. The quantitative estimate of drug-likeness (QED) is 0.926. The average molecular weight is 267 g/mol. The monoisotopic (exact) mass is 267 g/mol. The van der Waals surface area contributed by atoms with E-state index in [-0.39, 0.29) is 11.9 Å². The van der Waals surface area contributed by atoms with E-state index in [1.165, 1.54) is 0 Å². The van der Waals surface area contributed by atoms with Crippen LogP contribution in [0.1, 0.15) is 35.8 Å². The fourth-order valence-corrected chi connectivity index (χ4v) is 2.05. The maximum absolute atomic E-state index is 12.2. The number of hydrogen-bond acceptors (Lipinski definition) is 3. The highest BCUT2D eigenvalue weighted by Crippen LogP contribution is 2.15. The molecule has 2 aromatic rings. The first kappa shape index (κ1) is 14.0. The molecule has 4 nitrogen and oxygen atoms in total. The summed E-state index contributed by atoms with van der Waals surface area (Å²) in [4.78, 5) is 16.6. The average Bonchev–Trinajstić information content (AvgIpc) is 2.46. The first-order valence-corrected chi connectivity index (χ1v) is 6.69. The predicted octanol–water partition coefficient (Wildman–Crippen LogP) is 2.97. The number of aromatic nitrogens is 1. The van der Waals surface area contributed by atoms with Crippen LogP contribution in [0.15, 0.2) is 30.3 Å². The fraction of sp³-hybridized carbons (Fsp3) is 0.312. The number of amides is 1. The topological polar surface area (TPSA) is 65.8 Å². The van der Waals surface area contributed by atoms with Crippen LogP contribution in [0.25, 0.3) is 10.9 Å². The highest BCUT2D eigenvalue weighted by Gasteiger charge is 2.12. The van der Waals surface area contributed by atoms with Gasteiger partial charge in [-0.3, -0.25) is 9.78 Å². The predicted molar refractivity (Wildman–Crippen MR) is 78.3 cm³/mol. The number of aryl methyl sites for hydroxylation is 1. The molecular weight excluding hydrogens is 250 g/mol. The Bertz CT molecular complexity index is 673. The van der Waals surface area contributed by atoms with Gasteiger partial charge >= 0.3 is 0 Å². The van der Waals surface area contributed by atoms with Crippen LogP contribution in [0.3, 0.4) is 0 Å². The van der Waals surface area contributed by atoms with E-state index in [0.717, 1.165) is 23.0 Å². The fourth-order valence-electron chi connectivity index (χ4n) is 2.05. The molecule has 4 heteroatoms. The molecular formula is C16H17N3O. The summed E-state index contributed by atoms with van der Waals surface area (Å²) in [7, 11) is 0. The van der Waals surface area contributed by atoms with E-state index in [2.05, 4.69) is 16.4 Å². The van der Waals surface area contributed by atoms with Crippen molar-refractivity contribution < 1.29 is 4.79 Å². The molecule has 1 amide bonds. The van der Waals surface area contributed by atoms with E-state index >= 15 is 0 Å². The first-order chi connectivity index (χ1) is 9.63. The van der Waals surface area contributed by atoms with Crippen molar-refractivity contribution in [2.24, 2.45) is 0 Å². The van der Waals surface area contributed by atoms with Crippen molar-refractivity contribution in [1.29, 1.82) is 5.26 Å². The molecule has 2 rings (SSSR count). The summed E-state index contributed by atoms with van der Waals surface area (Å²) < 4.78 is 0. The minimum Gasteiger partial charge on any atom is -0.348 e. The number of carbonyl (C=O) groups is 1. The van der Waals surface area contributed by atoms with E-state index < -0.39 is 0 Å². The highest BCUT2D eigenvalue weighted by atomic mass is 16.1. The van der Waals surface area contributed by atoms with E-state index in [1.54, 1.807) is 6.07 Å². The Morgan fingerprint density at radius 2 is 2.20 bits per heavy atom. The lowest BCUT2D eigenvalue weighted by molar-refractivity contribution is 0.0937. The van der Waals surface area contributed by atoms with Gasteiger partial charge in [-0.25, -0.2) is 0 Å². The van der Waals surface area contributed by atoms with Gasteiger partial charge in [-0.15, -0.1) is 0 Å². The summed E-state index contributed by atoms with van der Waals surface area (Å²) in [6, 6.07) is 11.3. The number of nitriles is 1. The van der Waals surface area contributed by atoms with Gasteiger partial charge in [-0.05, 0) is 37.6 Å². The van der Waals surface area contributed by atoms with Crippen LogP contribution < -0.4 is 5.32 Å². The second-order valence-electron chi connectivity index (χ2n) is 4.80. The van der Waals surface area contributed by atoms with Crippen molar-refractivity contribution in [2.75, 3.05) is 0 Å². The van der Waals surface area contributed by atoms with Crippen molar-refractivity contribution in [3.05, 3.63) is 41.6 Å². The molecule has 0 spiro atoms. The summed E-state index contributed by atoms with van der Waals surface area (Å²) in [6.45, 7) is 3.89. The van der Waals surface area contributed by atoms with Crippen LogP contribution in [0.5, 0.6) is 0 Å². The molecule has 1 heterocycles. The summed E-state index contributed by atoms with van der Waals surface area (Å²) in [5.74, 6) is -0.144. The second-order valence-corrected chi connectivity index (χ2v) is 4.80. The summed E-state index contributed by atoms with van der Waals surface area (Å²) in [5.41, 5.74) is 2.43. The maximum atomic E-state index is 12.2. The van der Waals surface area contributed by atoms with Gasteiger partial charge in [0.2, 0.25) is 0 Å². The lowest BCUT2D eigenvalue weighted by Crippen LogP contribution is -2.34. The molecule has 0 radical (unpaired) electrons. The lowest BCUT2D eigenvalue weighted by Gasteiger charge is -2.13. The largest absolute Gasteiger partial charge is 0.348 e. The highest BCUT2D eigenvalue weighted by molar-refractivity contribution is 5.98. The molecule has 1 aromatic heterocycles. The molecule has 0 saturated heterocycles. The van der Waals surface area contributed by atoms with Crippen LogP contribution in [-0.4, -0.2) is 16.9 Å². The minimum absolute atomic E-state index is 0.0978. The maximum Gasteiger partial charge on any atom is 0.251 e. The van der Waals surface area contributed by atoms with Crippen LogP contribution in [-0.2, 0) is 0 Å². The number of carbonyl (C=O) groups excluding carboxylic acids is 1. The van der Waals surface area contributed by atoms with E-state index in [4.69, 9.17) is 5.26 Å². The van der Waals surface area contributed by atoms with Crippen molar-refractivity contribution >= 4 is 16.8 Å². The minimum atomic E-state index is -0.144. The Balaban J connectivity index is 2.22. The molecule has 20 heavy (non-hydrogen) atoms. The van der Waals surface area contributed by atoms with Crippen LogP contribution >= 0.6 is 0 Å². The van der Waals surface area contributed by atoms with Crippen molar-refractivity contribution in [2.45, 2.75) is 32.7 Å². The first-order valence-electron chi connectivity index (χ1n) is 6.69. The van der Waals surface area contributed by atoms with Gasteiger partial charge in [0.1, 0.15) is 0 Å². The Kier molecular flexibility index (Phi) is 4.31. The van der Waals surface area contributed by atoms with E-state index in [9.17, 15) is 4.79 Å². The second kappa shape index (κ2) is 6.16. The van der Waals surface area contributed by atoms with Gasteiger partial charge in [-0.2, -0.15) is 5.26 Å². The standard InChI is InChI=1S/C16H17N3O/c1-3-14(8-9-17)19-16(20)13-6-7-15-12(10-13)5-4-11(2)18-15/h4-7,10,14H,3,8H2,1-2H3,(H,19,20)/t14-/m0/s1. The van der Waals surface area contributed by atoms with Crippen LogP contribution in [0, 0.1) is 18.3 Å². The smallest absolute Gasteiger partial charge is 0.251 e. The summed E-state index contributed by atoms with van der Waals surface area (Å²) in [5, 5.41) is 12.5. The molecule has 1 atom stereocenters.